The van der Waals surface area contributed by atoms with Crippen LogP contribution in [0, 0.1) is 35.0 Å². The summed E-state index contributed by atoms with van der Waals surface area (Å²) in [5, 5.41) is 20.6. The second-order valence-electron chi connectivity index (χ2n) is 13.1. The van der Waals surface area contributed by atoms with E-state index in [0.717, 1.165) is 23.1 Å². The van der Waals surface area contributed by atoms with Crippen LogP contribution in [0.3, 0.4) is 0 Å². The number of ether oxygens (including phenoxy) is 1. The SMILES string of the molecule is C=C1/C(=C\C(C)C2CCC[C@]3(C)[C@@H]([C@H](C)C[C@@H]4OC(=O)C(=C)[C@H]4c4ccccc4)CC[C@@H]23)C[C@@H](O)C[C@@H]1O. The summed E-state index contributed by atoms with van der Waals surface area (Å²) >= 11 is 0. The van der Waals surface area contributed by atoms with Crippen LogP contribution in [-0.2, 0) is 9.53 Å². The molecule has 1 aromatic carbocycles. The highest BCUT2D eigenvalue weighted by Gasteiger charge is 2.54. The monoisotopic (exact) mass is 518 g/mol. The fourth-order valence-electron chi connectivity index (χ4n) is 8.97. The third kappa shape index (κ3) is 4.95. The average Bonchev–Trinajstić information content (AvgIpc) is 3.37. The standard InChI is InChI=1S/C34H46O4/c1-20(16-25-18-26(35)19-30(36)22(25)3)27-12-9-15-34(5)28(13-14-29(27)34)21(2)17-31-32(23(4)33(37)38-31)24-10-7-6-8-11-24/h6-8,10-11,16,20-21,26-32,35-36H,3-4,9,12-15,17-19H2,1-2,5H3/b25-16-/t20?,21-,26-,27?,28-,29+,30+,31+,32+,34-/m1/s1. The van der Waals surface area contributed by atoms with Gasteiger partial charge in [0.25, 0.3) is 0 Å². The second-order valence-corrected chi connectivity index (χ2v) is 13.1. The molecule has 0 radical (unpaired) electrons. The third-order valence-electron chi connectivity index (χ3n) is 10.9. The highest BCUT2D eigenvalue weighted by molar-refractivity contribution is 5.92. The largest absolute Gasteiger partial charge is 0.458 e. The molecular formula is C34H46O4. The number of fused-ring (bicyclic) bond motifs is 1. The van der Waals surface area contributed by atoms with E-state index in [-0.39, 0.29) is 23.4 Å². The number of rotatable bonds is 6. The predicted octanol–water partition coefficient (Wildman–Crippen LogP) is 6.74. The van der Waals surface area contributed by atoms with Gasteiger partial charge in [0, 0.05) is 12.0 Å². The first kappa shape index (κ1) is 27.4. The lowest BCUT2D eigenvalue weighted by atomic mass is 9.57. The van der Waals surface area contributed by atoms with E-state index in [1.165, 1.54) is 32.1 Å². The van der Waals surface area contributed by atoms with E-state index in [0.29, 0.717) is 48.0 Å². The first-order chi connectivity index (χ1) is 18.1. The Kier molecular flexibility index (Phi) is 7.77. The van der Waals surface area contributed by atoms with Gasteiger partial charge in [-0.15, -0.1) is 0 Å². The molecule has 4 heteroatoms. The van der Waals surface area contributed by atoms with Gasteiger partial charge in [0.1, 0.15) is 6.10 Å². The summed E-state index contributed by atoms with van der Waals surface area (Å²) in [5.74, 6) is 2.40. The zero-order chi connectivity index (χ0) is 27.2. The van der Waals surface area contributed by atoms with Crippen molar-refractivity contribution >= 4 is 5.97 Å². The molecule has 3 saturated carbocycles. The average molecular weight is 519 g/mol. The van der Waals surface area contributed by atoms with Gasteiger partial charge in [-0.05, 0) is 90.2 Å². The van der Waals surface area contributed by atoms with Crippen molar-refractivity contribution in [1.29, 1.82) is 0 Å². The number of carbonyl (C=O) groups excluding carboxylic acids is 1. The van der Waals surface area contributed by atoms with Gasteiger partial charge in [-0.3, -0.25) is 0 Å². The van der Waals surface area contributed by atoms with Crippen LogP contribution in [0.2, 0.25) is 0 Å². The Morgan fingerprint density at radius 3 is 2.58 bits per heavy atom. The fourth-order valence-corrected chi connectivity index (χ4v) is 8.97. The van der Waals surface area contributed by atoms with Crippen molar-refractivity contribution < 1.29 is 19.7 Å². The van der Waals surface area contributed by atoms with Crippen LogP contribution in [0.25, 0.3) is 0 Å². The molecule has 4 fully saturated rings. The van der Waals surface area contributed by atoms with E-state index in [1.54, 1.807) is 0 Å². The molecule has 1 aromatic rings. The molecule has 2 N–H and O–H groups in total. The molecular weight excluding hydrogens is 472 g/mol. The van der Waals surface area contributed by atoms with E-state index in [4.69, 9.17) is 4.74 Å². The highest BCUT2D eigenvalue weighted by atomic mass is 16.6. The summed E-state index contributed by atoms with van der Waals surface area (Å²) in [4.78, 5) is 12.5. The number of esters is 1. The quantitative estimate of drug-likeness (QED) is 0.323. The van der Waals surface area contributed by atoms with Gasteiger partial charge in [0.05, 0.1) is 18.1 Å². The number of aliphatic hydroxyl groups excluding tert-OH is 2. The first-order valence-corrected chi connectivity index (χ1v) is 14.8. The summed E-state index contributed by atoms with van der Waals surface area (Å²) in [6, 6.07) is 10.2. The number of cyclic esters (lactones) is 1. The van der Waals surface area contributed by atoms with E-state index >= 15 is 0 Å². The van der Waals surface area contributed by atoms with Crippen LogP contribution in [0.4, 0.5) is 0 Å². The number of hydrogen-bond donors (Lipinski definition) is 2. The van der Waals surface area contributed by atoms with Crippen molar-refractivity contribution in [3.05, 3.63) is 71.8 Å². The molecule has 0 spiro atoms. The van der Waals surface area contributed by atoms with E-state index in [9.17, 15) is 15.0 Å². The Hall–Kier alpha value is -2.17. The number of allylic oxidation sites excluding steroid dienone is 1. The molecule has 4 aliphatic rings. The van der Waals surface area contributed by atoms with Gasteiger partial charge in [-0.1, -0.05) is 76.8 Å². The summed E-state index contributed by atoms with van der Waals surface area (Å²) in [6.07, 6.45) is 9.12. The van der Waals surface area contributed by atoms with Gasteiger partial charge in [0.2, 0.25) is 0 Å². The summed E-state index contributed by atoms with van der Waals surface area (Å²) in [6.45, 7) is 15.5. The maximum absolute atomic E-state index is 12.5. The van der Waals surface area contributed by atoms with Crippen LogP contribution in [0.15, 0.2) is 66.3 Å². The molecule has 0 aromatic heterocycles. The molecule has 1 aliphatic heterocycles. The van der Waals surface area contributed by atoms with Crippen molar-refractivity contribution in [3.8, 4) is 0 Å². The molecule has 1 heterocycles. The Labute approximate surface area is 228 Å². The summed E-state index contributed by atoms with van der Waals surface area (Å²) in [5.41, 5.74) is 3.83. The van der Waals surface area contributed by atoms with Crippen LogP contribution in [0.1, 0.15) is 83.6 Å². The molecule has 4 nitrogen and oxygen atoms in total. The second kappa shape index (κ2) is 10.8. The number of hydrogen-bond acceptors (Lipinski definition) is 4. The van der Waals surface area contributed by atoms with Crippen LogP contribution in [0.5, 0.6) is 0 Å². The zero-order valence-corrected chi connectivity index (χ0v) is 23.4. The number of aliphatic hydroxyl groups is 2. The zero-order valence-electron chi connectivity index (χ0n) is 23.4. The molecule has 10 atom stereocenters. The molecule has 38 heavy (non-hydrogen) atoms. The van der Waals surface area contributed by atoms with Gasteiger partial charge in [-0.25, -0.2) is 4.79 Å². The molecule has 206 valence electrons. The maximum atomic E-state index is 12.5. The molecule has 5 rings (SSSR count). The van der Waals surface area contributed by atoms with Gasteiger partial charge >= 0.3 is 5.97 Å². The minimum absolute atomic E-state index is 0.0591. The highest BCUT2D eigenvalue weighted by Crippen LogP contribution is 2.61. The van der Waals surface area contributed by atoms with Gasteiger partial charge < -0.3 is 14.9 Å². The minimum atomic E-state index is -0.633. The molecule has 0 bridgehead atoms. The van der Waals surface area contributed by atoms with Gasteiger partial charge in [-0.2, -0.15) is 0 Å². The van der Waals surface area contributed by atoms with Crippen LogP contribution >= 0.6 is 0 Å². The van der Waals surface area contributed by atoms with Gasteiger partial charge in [0.15, 0.2) is 0 Å². The third-order valence-corrected chi connectivity index (χ3v) is 10.9. The van der Waals surface area contributed by atoms with Crippen LogP contribution < -0.4 is 0 Å². The van der Waals surface area contributed by atoms with Crippen molar-refractivity contribution in [2.75, 3.05) is 0 Å². The van der Waals surface area contributed by atoms with Crippen molar-refractivity contribution in [1.82, 2.24) is 0 Å². The molecule has 2 unspecified atom stereocenters. The minimum Gasteiger partial charge on any atom is -0.458 e. The lowest BCUT2D eigenvalue weighted by Crippen LogP contribution is -2.41. The van der Waals surface area contributed by atoms with Crippen molar-refractivity contribution in [2.45, 2.75) is 96.4 Å². The summed E-state index contributed by atoms with van der Waals surface area (Å²) < 4.78 is 5.92. The summed E-state index contributed by atoms with van der Waals surface area (Å²) in [7, 11) is 0. The maximum Gasteiger partial charge on any atom is 0.334 e. The Morgan fingerprint density at radius 1 is 1.11 bits per heavy atom. The lowest BCUT2D eigenvalue weighted by molar-refractivity contribution is -0.139. The smallest absolute Gasteiger partial charge is 0.334 e. The normalized spacial score (nSPS) is 40.2. The van der Waals surface area contributed by atoms with Crippen molar-refractivity contribution in [2.24, 2.45) is 35.0 Å². The predicted molar refractivity (Wildman–Crippen MR) is 151 cm³/mol. The van der Waals surface area contributed by atoms with E-state index in [1.807, 2.05) is 18.2 Å². The van der Waals surface area contributed by atoms with E-state index in [2.05, 4.69) is 52.1 Å². The van der Waals surface area contributed by atoms with Crippen molar-refractivity contribution in [3.63, 3.8) is 0 Å². The molecule has 0 amide bonds. The topological polar surface area (TPSA) is 66.8 Å². The Bertz CT molecular complexity index is 1090. The van der Waals surface area contributed by atoms with E-state index < -0.39 is 12.2 Å². The number of benzene rings is 1. The molecule has 3 aliphatic carbocycles. The van der Waals surface area contributed by atoms with Crippen LogP contribution in [-0.4, -0.2) is 34.5 Å². The first-order valence-electron chi connectivity index (χ1n) is 14.8. The molecule has 1 saturated heterocycles. The Morgan fingerprint density at radius 2 is 1.84 bits per heavy atom. The fraction of sp³-hybridized carbons (Fsp3) is 0.618. The Balaban J connectivity index is 1.31. The number of carbonyl (C=O) groups is 1. The lowest BCUT2D eigenvalue weighted by Gasteiger charge is -2.48.